The highest BCUT2D eigenvalue weighted by atomic mass is 16.1. The highest BCUT2D eigenvalue weighted by molar-refractivity contribution is 5.95. The number of carbonyl (C=O) groups is 1. The molecule has 0 aliphatic carbocycles. The number of carbonyl (C=O) groups excluding carboxylic acids is 1. The molecule has 0 amide bonds. The molecule has 0 saturated carbocycles. The molecule has 110 valence electrons. The highest BCUT2D eigenvalue weighted by Gasteiger charge is 2.21. The van der Waals surface area contributed by atoms with Crippen molar-refractivity contribution in [2.75, 3.05) is 0 Å². The van der Waals surface area contributed by atoms with Crippen LogP contribution in [-0.4, -0.2) is 5.78 Å². The Labute approximate surface area is 131 Å². The van der Waals surface area contributed by atoms with E-state index in [4.69, 9.17) is 0 Å². The minimum Gasteiger partial charge on any atom is -0.287 e. The van der Waals surface area contributed by atoms with Crippen molar-refractivity contribution in [3.63, 3.8) is 0 Å². The second kappa shape index (κ2) is 6.10. The first-order chi connectivity index (χ1) is 10.7. The Bertz CT molecular complexity index is 806. The van der Waals surface area contributed by atoms with Gasteiger partial charge in [-0.3, -0.25) is 4.79 Å². The number of Topliss-reactive ketones (excluding diaryl/α,β-unsaturated/α-hetero) is 1. The number of rotatable bonds is 4. The fourth-order valence-electron chi connectivity index (χ4n) is 2.93. The number of aromatic nitrogens is 1. The highest BCUT2D eigenvalue weighted by Crippen LogP contribution is 2.21. The molecule has 0 aliphatic heterocycles. The lowest BCUT2D eigenvalue weighted by Gasteiger charge is -2.10. The molecule has 3 rings (SSSR count). The average molecular weight is 290 g/mol. The van der Waals surface area contributed by atoms with E-state index in [0.29, 0.717) is 12.5 Å². The molecule has 22 heavy (non-hydrogen) atoms. The largest absolute Gasteiger partial charge is 0.287 e. The van der Waals surface area contributed by atoms with Crippen molar-refractivity contribution < 1.29 is 9.36 Å². The van der Waals surface area contributed by atoms with Crippen molar-refractivity contribution >= 4 is 16.6 Å². The molecule has 0 bridgehead atoms. The van der Waals surface area contributed by atoms with Crippen molar-refractivity contribution in [2.24, 2.45) is 0 Å². The minimum absolute atomic E-state index is 0.141. The minimum atomic E-state index is 0.141. The monoisotopic (exact) mass is 290 g/mol. The van der Waals surface area contributed by atoms with Gasteiger partial charge in [0.25, 0.3) is 0 Å². The van der Waals surface area contributed by atoms with Gasteiger partial charge in [-0.2, -0.15) is 4.57 Å². The Morgan fingerprint density at radius 3 is 2.36 bits per heavy atom. The first-order valence-electron chi connectivity index (χ1n) is 7.66. The summed E-state index contributed by atoms with van der Waals surface area (Å²) in [6.45, 7) is 4.72. The zero-order chi connectivity index (χ0) is 15.5. The number of benzene rings is 2. The summed E-state index contributed by atoms with van der Waals surface area (Å²) in [7, 11) is 0. The number of pyridine rings is 1. The first-order valence-corrected chi connectivity index (χ1v) is 7.66. The molecule has 0 saturated heterocycles. The summed E-state index contributed by atoms with van der Waals surface area (Å²) in [5, 5.41) is 2.44. The van der Waals surface area contributed by atoms with Gasteiger partial charge in [0, 0.05) is 22.9 Å². The normalized spacial score (nSPS) is 11.0. The van der Waals surface area contributed by atoms with Crippen molar-refractivity contribution in [3.05, 3.63) is 78.1 Å². The zero-order valence-electron chi connectivity index (χ0n) is 13.0. The van der Waals surface area contributed by atoms with Crippen LogP contribution in [0.25, 0.3) is 10.8 Å². The van der Waals surface area contributed by atoms with Gasteiger partial charge in [0.2, 0.25) is 12.3 Å². The Kier molecular flexibility index (Phi) is 4.01. The summed E-state index contributed by atoms with van der Waals surface area (Å²) >= 11 is 0. The van der Waals surface area contributed by atoms with E-state index in [1.165, 1.54) is 16.5 Å². The molecule has 2 nitrogen and oxygen atoms in total. The standard InChI is InChI=1S/C20H20NO/c1-15(2)20-18-11-7-6-8-16(18)12-13-21(20)14-19(22)17-9-4-3-5-10-17/h3-13,15H,14H2,1-2H3/q+1. The van der Waals surface area contributed by atoms with Gasteiger partial charge in [0.15, 0.2) is 11.9 Å². The zero-order valence-corrected chi connectivity index (χ0v) is 13.0. The lowest BCUT2D eigenvalue weighted by atomic mass is 10.0. The van der Waals surface area contributed by atoms with Crippen LogP contribution in [0.15, 0.2) is 66.9 Å². The number of nitrogens with zero attached hydrogens (tertiary/aromatic N) is 1. The van der Waals surface area contributed by atoms with Gasteiger partial charge in [-0.1, -0.05) is 62.4 Å². The molecule has 0 atom stereocenters. The van der Waals surface area contributed by atoms with Gasteiger partial charge in [-0.25, -0.2) is 0 Å². The molecule has 0 unspecified atom stereocenters. The first kappa shape index (κ1) is 14.5. The van der Waals surface area contributed by atoms with Crippen LogP contribution in [0.2, 0.25) is 0 Å². The third kappa shape index (κ3) is 2.77. The molecular formula is C20H20NO+. The maximum absolute atomic E-state index is 12.5. The summed E-state index contributed by atoms with van der Waals surface area (Å²) in [5.41, 5.74) is 1.97. The second-order valence-corrected chi connectivity index (χ2v) is 5.86. The molecule has 2 heteroatoms. The number of fused-ring (bicyclic) bond motifs is 1. The molecular weight excluding hydrogens is 270 g/mol. The van der Waals surface area contributed by atoms with Gasteiger partial charge < -0.3 is 0 Å². The van der Waals surface area contributed by atoms with Crippen LogP contribution < -0.4 is 4.57 Å². The SMILES string of the molecule is CC(C)c1c2ccccc2cc[n+]1CC(=O)c1ccccc1. The Balaban J connectivity index is 2.04. The number of ketones is 1. The summed E-state index contributed by atoms with van der Waals surface area (Å²) < 4.78 is 2.09. The van der Waals surface area contributed by atoms with Crippen LogP contribution in [0.1, 0.15) is 35.8 Å². The molecule has 0 radical (unpaired) electrons. The van der Waals surface area contributed by atoms with E-state index in [9.17, 15) is 4.79 Å². The van der Waals surface area contributed by atoms with Gasteiger partial charge in [0.1, 0.15) is 0 Å². The van der Waals surface area contributed by atoms with E-state index in [2.05, 4.69) is 42.7 Å². The van der Waals surface area contributed by atoms with Crippen LogP contribution in [0.5, 0.6) is 0 Å². The second-order valence-electron chi connectivity index (χ2n) is 5.86. The maximum Gasteiger partial charge on any atom is 0.227 e. The maximum atomic E-state index is 12.5. The van der Waals surface area contributed by atoms with E-state index < -0.39 is 0 Å². The van der Waals surface area contributed by atoms with Crippen molar-refractivity contribution in [1.82, 2.24) is 0 Å². The predicted molar refractivity (Wildman–Crippen MR) is 89.0 cm³/mol. The molecule has 3 aromatic rings. The fraction of sp³-hybridized carbons (Fsp3) is 0.200. The fourth-order valence-corrected chi connectivity index (χ4v) is 2.93. The summed E-state index contributed by atoms with van der Waals surface area (Å²) in [4.78, 5) is 12.5. The Hall–Kier alpha value is -2.48. The summed E-state index contributed by atoms with van der Waals surface area (Å²) in [5.74, 6) is 0.498. The van der Waals surface area contributed by atoms with E-state index in [0.717, 1.165) is 5.56 Å². The van der Waals surface area contributed by atoms with Gasteiger partial charge in [0.05, 0.1) is 0 Å². The molecule has 2 aromatic carbocycles. The van der Waals surface area contributed by atoms with Gasteiger partial charge >= 0.3 is 0 Å². The van der Waals surface area contributed by atoms with Crippen LogP contribution in [0, 0.1) is 0 Å². The van der Waals surface area contributed by atoms with E-state index in [-0.39, 0.29) is 5.78 Å². The predicted octanol–water partition coefficient (Wildman–Crippen LogP) is 4.13. The van der Waals surface area contributed by atoms with Crippen LogP contribution >= 0.6 is 0 Å². The van der Waals surface area contributed by atoms with E-state index in [1.54, 1.807) is 0 Å². The summed E-state index contributed by atoms with van der Waals surface area (Å²) in [6, 6.07) is 19.9. The average Bonchev–Trinajstić information content (AvgIpc) is 2.55. The Morgan fingerprint density at radius 2 is 1.64 bits per heavy atom. The number of hydrogen-bond acceptors (Lipinski definition) is 1. The molecule has 0 fully saturated rings. The molecule has 1 heterocycles. The van der Waals surface area contributed by atoms with Crippen molar-refractivity contribution in [2.45, 2.75) is 26.3 Å². The third-order valence-electron chi connectivity index (χ3n) is 3.94. The van der Waals surface area contributed by atoms with Crippen LogP contribution in [0.3, 0.4) is 0 Å². The molecule has 0 spiro atoms. The van der Waals surface area contributed by atoms with Crippen LogP contribution in [-0.2, 0) is 6.54 Å². The molecule has 0 aliphatic rings. The lowest BCUT2D eigenvalue weighted by Crippen LogP contribution is -2.42. The molecule has 0 N–H and O–H groups in total. The van der Waals surface area contributed by atoms with Crippen LogP contribution in [0.4, 0.5) is 0 Å². The Morgan fingerprint density at radius 1 is 0.955 bits per heavy atom. The topological polar surface area (TPSA) is 20.9 Å². The molecule has 1 aromatic heterocycles. The number of hydrogen-bond donors (Lipinski definition) is 0. The summed E-state index contributed by atoms with van der Waals surface area (Å²) in [6.07, 6.45) is 2.03. The van der Waals surface area contributed by atoms with Crippen molar-refractivity contribution in [3.8, 4) is 0 Å². The van der Waals surface area contributed by atoms with Gasteiger partial charge in [-0.15, -0.1) is 0 Å². The lowest BCUT2D eigenvalue weighted by molar-refractivity contribution is -0.690. The smallest absolute Gasteiger partial charge is 0.227 e. The van der Waals surface area contributed by atoms with E-state index in [1.807, 2.05) is 42.6 Å². The van der Waals surface area contributed by atoms with Crippen molar-refractivity contribution in [1.29, 1.82) is 0 Å². The van der Waals surface area contributed by atoms with Gasteiger partial charge in [-0.05, 0) is 11.5 Å². The quantitative estimate of drug-likeness (QED) is 0.523. The van der Waals surface area contributed by atoms with E-state index >= 15 is 0 Å². The third-order valence-corrected chi connectivity index (χ3v) is 3.94.